The molecule has 21 heavy (non-hydrogen) atoms. The van der Waals surface area contributed by atoms with E-state index in [9.17, 15) is 8.42 Å². The maximum atomic E-state index is 12.9. The van der Waals surface area contributed by atoms with Crippen molar-refractivity contribution in [2.75, 3.05) is 31.2 Å². The van der Waals surface area contributed by atoms with Crippen molar-refractivity contribution in [1.29, 1.82) is 0 Å². The molecule has 0 saturated carbocycles. The molecule has 5 nitrogen and oxygen atoms in total. The van der Waals surface area contributed by atoms with E-state index in [2.05, 4.69) is 13.8 Å². The number of benzene rings is 1. The zero-order valence-electron chi connectivity index (χ0n) is 12.6. The largest absolute Gasteiger partial charge is 0.492 e. The number of nitrogens with two attached hydrogens (primary N) is 1. The van der Waals surface area contributed by atoms with Gasteiger partial charge in [-0.3, -0.25) is 0 Å². The summed E-state index contributed by atoms with van der Waals surface area (Å²) < 4.78 is 32.7. The second kappa shape index (κ2) is 6.06. The van der Waals surface area contributed by atoms with E-state index in [1.807, 2.05) is 6.92 Å². The molecule has 0 atom stereocenters. The minimum Gasteiger partial charge on any atom is -0.492 e. The summed E-state index contributed by atoms with van der Waals surface area (Å²) in [6.07, 6.45) is 0. The normalized spacial score (nSPS) is 19.4. The Kier molecular flexibility index (Phi) is 4.75. The Hall–Kier alpha value is -0.920. The van der Waals surface area contributed by atoms with Crippen LogP contribution in [0.2, 0.25) is 0 Å². The Morgan fingerprint density at radius 2 is 2.14 bits per heavy atom. The molecule has 0 unspecified atom stereocenters. The number of thioether (sulfide) groups is 1. The average molecular weight is 330 g/mol. The molecular weight excluding hydrogens is 308 g/mol. The van der Waals surface area contributed by atoms with Gasteiger partial charge in [-0.2, -0.15) is 16.1 Å². The molecule has 0 aromatic heterocycles. The zero-order valence-corrected chi connectivity index (χ0v) is 14.3. The minimum absolute atomic E-state index is 0.0859. The fourth-order valence-corrected chi connectivity index (χ4v) is 5.40. The molecule has 0 amide bonds. The Morgan fingerprint density at radius 1 is 1.43 bits per heavy atom. The Bertz CT molecular complexity index is 615. The SMILES string of the molecule is CCOc1ccc(N)cc1S(=O)(=O)N1CCSC(C)(C)C1. The Morgan fingerprint density at radius 3 is 2.76 bits per heavy atom. The molecule has 2 rings (SSSR count). The number of anilines is 1. The highest BCUT2D eigenvalue weighted by Gasteiger charge is 2.36. The van der Waals surface area contributed by atoms with Crippen molar-refractivity contribution >= 4 is 27.5 Å². The standard InChI is InChI=1S/C14H22N2O3S2/c1-4-19-12-6-5-11(15)9-13(12)21(17,18)16-7-8-20-14(2,3)10-16/h5-6,9H,4,7-8,10,15H2,1-3H3. The molecule has 0 radical (unpaired) electrons. The molecule has 1 aromatic rings. The maximum Gasteiger partial charge on any atom is 0.246 e. The fourth-order valence-electron chi connectivity index (χ4n) is 2.32. The van der Waals surface area contributed by atoms with Crippen molar-refractivity contribution in [3.05, 3.63) is 18.2 Å². The van der Waals surface area contributed by atoms with Gasteiger partial charge in [-0.25, -0.2) is 8.42 Å². The van der Waals surface area contributed by atoms with Crippen LogP contribution < -0.4 is 10.5 Å². The van der Waals surface area contributed by atoms with Gasteiger partial charge in [-0.15, -0.1) is 0 Å². The molecule has 0 aliphatic carbocycles. The van der Waals surface area contributed by atoms with Gasteiger partial charge < -0.3 is 10.5 Å². The Balaban J connectivity index is 2.41. The van der Waals surface area contributed by atoms with Crippen molar-refractivity contribution in [2.45, 2.75) is 30.4 Å². The van der Waals surface area contributed by atoms with Gasteiger partial charge in [0.25, 0.3) is 0 Å². The van der Waals surface area contributed by atoms with E-state index in [1.165, 1.54) is 10.4 Å². The zero-order chi connectivity index (χ0) is 15.7. The van der Waals surface area contributed by atoms with Crippen LogP contribution >= 0.6 is 11.8 Å². The van der Waals surface area contributed by atoms with Gasteiger partial charge in [-0.05, 0) is 39.0 Å². The number of hydrogen-bond acceptors (Lipinski definition) is 5. The van der Waals surface area contributed by atoms with E-state index in [0.29, 0.717) is 31.1 Å². The first-order chi connectivity index (χ1) is 9.76. The van der Waals surface area contributed by atoms with E-state index >= 15 is 0 Å². The third-order valence-corrected chi connectivity index (χ3v) is 6.44. The molecule has 1 fully saturated rings. The maximum absolute atomic E-state index is 12.9. The molecule has 2 N–H and O–H groups in total. The van der Waals surface area contributed by atoms with Gasteiger partial charge >= 0.3 is 0 Å². The highest BCUT2D eigenvalue weighted by atomic mass is 32.2. The second-order valence-electron chi connectivity index (χ2n) is 5.59. The summed E-state index contributed by atoms with van der Waals surface area (Å²) in [6, 6.07) is 4.75. The topological polar surface area (TPSA) is 72.6 Å². The van der Waals surface area contributed by atoms with Crippen molar-refractivity contribution in [1.82, 2.24) is 4.31 Å². The highest BCUT2D eigenvalue weighted by Crippen LogP contribution is 2.35. The van der Waals surface area contributed by atoms with Gasteiger partial charge in [0.15, 0.2) is 0 Å². The average Bonchev–Trinajstić information content (AvgIpc) is 2.40. The molecule has 1 aliphatic heterocycles. The summed E-state index contributed by atoms with van der Waals surface area (Å²) in [5, 5.41) is 0. The summed E-state index contributed by atoms with van der Waals surface area (Å²) in [5.74, 6) is 1.15. The smallest absolute Gasteiger partial charge is 0.246 e. The molecule has 1 aromatic carbocycles. The highest BCUT2D eigenvalue weighted by molar-refractivity contribution is 8.00. The summed E-state index contributed by atoms with van der Waals surface area (Å²) >= 11 is 1.79. The number of nitrogens with zero attached hydrogens (tertiary/aromatic N) is 1. The molecule has 118 valence electrons. The number of sulfonamides is 1. The van der Waals surface area contributed by atoms with Crippen LogP contribution in [0.4, 0.5) is 5.69 Å². The predicted molar refractivity (Wildman–Crippen MR) is 87.3 cm³/mol. The third kappa shape index (κ3) is 3.64. The van der Waals surface area contributed by atoms with E-state index in [0.717, 1.165) is 5.75 Å². The first kappa shape index (κ1) is 16.5. The summed E-state index contributed by atoms with van der Waals surface area (Å²) in [7, 11) is -3.59. The summed E-state index contributed by atoms with van der Waals surface area (Å²) in [4.78, 5) is 0.159. The van der Waals surface area contributed by atoms with Crippen molar-refractivity contribution in [3.8, 4) is 5.75 Å². The number of nitrogen functional groups attached to an aromatic ring is 1. The van der Waals surface area contributed by atoms with Crippen LogP contribution in [-0.4, -0.2) is 42.9 Å². The predicted octanol–water partition coefficient (Wildman–Crippen LogP) is 2.18. The second-order valence-corrected chi connectivity index (χ2v) is 9.29. The molecule has 0 spiro atoms. The first-order valence-electron chi connectivity index (χ1n) is 6.93. The molecular formula is C14H22N2O3S2. The fraction of sp³-hybridized carbons (Fsp3) is 0.571. The van der Waals surface area contributed by atoms with Gasteiger partial charge in [0.05, 0.1) is 6.61 Å². The van der Waals surface area contributed by atoms with Gasteiger partial charge in [0, 0.05) is 29.3 Å². The number of rotatable bonds is 4. The lowest BCUT2D eigenvalue weighted by atomic mass is 10.2. The van der Waals surface area contributed by atoms with Crippen LogP contribution in [0, 0.1) is 0 Å². The number of ether oxygens (including phenoxy) is 1. The lowest BCUT2D eigenvalue weighted by Crippen LogP contribution is -2.46. The summed E-state index contributed by atoms with van der Waals surface area (Å²) in [6.45, 7) is 7.35. The quantitative estimate of drug-likeness (QED) is 0.857. The molecule has 0 bridgehead atoms. The molecule has 7 heteroatoms. The van der Waals surface area contributed by atoms with E-state index in [-0.39, 0.29) is 9.64 Å². The Labute approximate surface area is 130 Å². The van der Waals surface area contributed by atoms with Crippen LogP contribution in [0.25, 0.3) is 0 Å². The van der Waals surface area contributed by atoms with Gasteiger partial charge in [0.1, 0.15) is 10.6 Å². The monoisotopic (exact) mass is 330 g/mol. The lowest BCUT2D eigenvalue weighted by molar-refractivity contribution is 0.327. The van der Waals surface area contributed by atoms with Crippen LogP contribution in [0.15, 0.2) is 23.1 Å². The lowest BCUT2D eigenvalue weighted by Gasteiger charge is -2.36. The van der Waals surface area contributed by atoms with Gasteiger partial charge in [-0.1, -0.05) is 0 Å². The van der Waals surface area contributed by atoms with E-state index in [1.54, 1.807) is 23.9 Å². The van der Waals surface area contributed by atoms with Crippen LogP contribution in [0.5, 0.6) is 5.75 Å². The van der Waals surface area contributed by atoms with Crippen LogP contribution in [-0.2, 0) is 10.0 Å². The van der Waals surface area contributed by atoms with Crippen LogP contribution in [0.1, 0.15) is 20.8 Å². The minimum atomic E-state index is -3.59. The van der Waals surface area contributed by atoms with Gasteiger partial charge in [0.2, 0.25) is 10.0 Å². The first-order valence-corrected chi connectivity index (χ1v) is 9.35. The summed E-state index contributed by atoms with van der Waals surface area (Å²) in [5.41, 5.74) is 6.18. The molecule has 1 saturated heterocycles. The third-order valence-electron chi connectivity index (χ3n) is 3.28. The van der Waals surface area contributed by atoms with E-state index in [4.69, 9.17) is 10.5 Å². The number of hydrogen-bond donors (Lipinski definition) is 1. The molecule has 1 aliphatic rings. The van der Waals surface area contributed by atoms with Crippen molar-refractivity contribution in [2.24, 2.45) is 0 Å². The van der Waals surface area contributed by atoms with Crippen molar-refractivity contribution in [3.63, 3.8) is 0 Å². The van der Waals surface area contributed by atoms with Crippen LogP contribution in [0.3, 0.4) is 0 Å². The van der Waals surface area contributed by atoms with Crippen molar-refractivity contribution < 1.29 is 13.2 Å². The molecule has 1 heterocycles. The van der Waals surface area contributed by atoms with E-state index < -0.39 is 10.0 Å².